The molecule has 3 aliphatic rings. The Hall–Kier alpha value is -2.17. The normalized spacial score (nSPS) is 30.1. The molecule has 2 bridgehead atoms. The fraction of sp³-hybridized carbons (Fsp3) is 0.438. The lowest BCUT2D eigenvalue weighted by atomic mass is 9.62. The average molecular weight is 286 g/mol. The summed E-state index contributed by atoms with van der Waals surface area (Å²) < 4.78 is 0. The first-order chi connectivity index (χ1) is 10.2. The molecule has 4 rings (SSSR count). The van der Waals surface area contributed by atoms with E-state index in [4.69, 9.17) is 0 Å². The van der Waals surface area contributed by atoms with Gasteiger partial charge in [0.1, 0.15) is 0 Å². The van der Waals surface area contributed by atoms with Crippen molar-refractivity contribution in [2.24, 2.45) is 23.7 Å². The van der Waals surface area contributed by atoms with E-state index in [0.717, 1.165) is 18.4 Å². The predicted molar refractivity (Wildman–Crippen MR) is 76.1 cm³/mol. The smallest absolute Gasteiger partial charge is 0.307 e. The second kappa shape index (κ2) is 5.68. The van der Waals surface area contributed by atoms with E-state index in [1.807, 2.05) is 24.3 Å². The lowest BCUT2D eigenvalue weighted by molar-refractivity contribution is -0.153. The van der Waals surface area contributed by atoms with Crippen LogP contribution in [-0.4, -0.2) is 22.0 Å². The molecule has 2 N–H and O–H groups in total. The van der Waals surface area contributed by atoms with Crippen LogP contribution in [-0.2, 0) is 16.1 Å². The summed E-state index contributed by atoms with van der Waals surface area (Å²) in [5, 5.41) is 12.3. The van der Waals surface area contributed by atoms with Gasteiger partial charge < -0.3 is 10.4 Å². The summed E-state index contributed by atoms with van der Waals surface area (Å²) in [5.74, 6) is -2.02. The van der Waals surface area contributed by atoms with Crippen LogP contribution in [0.1, 0.15) is 18.4 Å². The van der Waals surface area contributed by atoms with Crippen LogP contribution < -0.4 is 5.32 Å². The standard InChI is InChI=1S/C16H18N2O3/c19-15(18-9-10-5-7-17-8-6-10)13-11-1-3-12(4-2-11)14(13)16(20)21/h1,3,5-8,11-14H,2,4,9H2,(H,18,19)(H,20,21)/t11-,12+,13-,14-/m0/s1. The molecule has 3 aliphatic carbocycles. The Labute approximate surface area is 123 Å². The summed E-state index contributed by atoms with van der Waals surface area (Å²) >= 11 is 0. The van der Waals surface area contributed by atoms with Crippen molar-refractivity contribution in [1.29, 1.82) is 0 Å². The number of aliphatic carboxylic acids is 1. The van der Waals surface area contributed by atoms with Crippen molar-refractivity contribution >= 4 is 11.9 Å². The summed E-state index contributed by atoms with van der Waals surface area (Å²) in [6.45, 7) is 0.408. The largest absolute Gasteiger partial charge is 0.481 e. The number of rotatable bonds is 4. The van der Waals surface area contributed by atoms with Crippen molar-refractivity contribution in [3.63, 3.8) is 0 Å². The number of carboxylic acids is 1. The van der Waals surface area contributed by atoms with Crippen molar-refractivity contribution in [1.82, 2.24) is 10.3 Å². The number of hydrogen-bond donors (Lipinski definition) is 2. The number of carboxylic acid groups (broad SMARTS) is 1. The molecule has 1 fully saturated rings. The number of pyridine rings is 1. The highest BCUT2D eigenvalue weighted by atomic mass is 16.4. The molecule has 5 heteroatoms. The fourth-order valence-corrected chi connectivity index (χ4v) is 3.50. The SMILES string of the molecule is O=C(O)[C@@H]1[C@@H](C(=O)NCc2ccncc2)[C@H]2C=C[C@@H]1CC2. The maximum absolute atomic E-state index is 12.5. The van der Waals surface area contributed by atoms with Gasteiger partial charge in [0, 0.05) is 18.9 Å². The van der Waals surface area contributed by atoms with Gasteiger partial charge in [-0.2, -0.15) is 0 Å². The van der Waals surface area contributed by atoms with Gasteiger partial charge in [-0.25, -0.2) is 0 Å². The maximum Gasteiger partial charge on any atom is 0.307 e. The topological polar surface area (TPSA) is 79.3 Å². The minimum atomic E-state index is -0.863. The number of aromatic nitrogens is 1. The Kier molecular flexibility index (Phi) is 3.73. The Morgan fingerprint density at radius 2 is 1.76 bits per heavy atom. The molecule has 5 nitrogen and oxygen atoms in total. The van der Waals surface area contributed by atoms with E-state index in [1.54, 1.807) is 12.4 Å². The Balaban J connectivity index is 1.71. The highest BCUT2D eigenvalue weighted by Crippen LogP contribution is 2.45. The van der Waals surface area contributed by atoms with Crippen molar-refractivity contribution in [3.8, 4) is 0 Å². The molecule has 1 aromatic rings. The maximum atomic E-state index is 12.5. The number of nitrogens with one attached hydrogen (secondary N) is 1. The number of hydrogen-bond acceptors (Lipinski definition) is 3. The van der Waals surface area contributed by atoms with Crippen LogP contribution in [0.2, 0.25) is 0 Å². The van der Waals surface area contributed by atoms with Gasteiger partial charge in [0.2, 0.25) is 5.91 Å². The van der Waals surface area contributed by atoms with Gasteiger partial charge >= 0.3 is 5.97 Å². The highest BCUT2D eigenvalue weighted by Gasteiger charge is 2.47. The van der Waals surface area contributed by atoms with Gasteiger partial charge in [0.05, 0.1) is 11.8 Å². The number of carbonyl (C=O) groups is 2. The molecule has 0 saturated heterocycles. The molecule has 1 heterocycles. The highest BCUT2D eigenvalue weighted by molar-refractivity contribution is 5.86. The van der Waals surface area contributed by atoms with Crippen LogP contribution >= 0.6 is 0 Å². The summed E-state index contributed by atoms with van der Waals surface area (Å²) in [4.78, 5) is 27.9. The molecule has 0 spiro atoms. The second-order valence-corrected chi connectivity index (χ2v) is 5.75. The molecular formula is C16H18N2O3. The number of amides is 1. The number of allylic oxidation sites excluding steroid dienone is 2. The molecule has 0 aromatic carbocycles. The van der Waals surface area contributed by atoms with Crippen LogP contribution in [0.25, 0.3) is 0 Å². The van der Waals surface area contributed by atoms with Crippen LogP contribution in [0.3, 0.4) is 0 Å². The Morgan fingerprint density at radius 3 is 2.33 bits per heavy atom. The molecule has 1 saturated carbocycles. The zero-order chi connectivity index (χ0) is 14.8. The number of carbonyl (C=O) groups excluding carboxylic acids is 1. The average Bonchev–Trinajstić information content (AvgIpc) is 2.53. The van der Waals surface area contributed by atoms with E-state index in [-0.39, 0.29) is 17.7 Å². The Morgan fingerprint density at radius 1 is 1.14 bits per heavy atom. The summed E-state index contributed by atoms with van der Waals surface area (Å²) in [7, 11) is 0. The van der Waals surface area contributed by atoms with E-state index >= 15 is 0 Å². The minimum absolute atomic E-state index is 0.0100. The van der Waals surface area contributed by atoms with Crippen LogP contribution in [0, 0.1) is 23.7 Å². The van der Waals surface area contributed by atoms with Crippen molar-refractivity contribution < 1.29 is 14.7 Å². The van der Waals surface area contributed by atoms with Crippen molar-refractivity contribution in [2.75, 3.05) is 0 Å². The predicted octanol–water partition coefficient (Wildman–Crippen LogP) is 1.61. The number of nitrogens with zero attached hydrogens (tertiary/aromatic N) is 1. The molecule has 21 heavy (non-hydrogen) atoms. The van der Waals surface area contributed by atoms with Crippen LogP contribution in [0.4, 0.5) is 0 Å². The van der Waals surface area contributed by atoms with Gasteiger partial charge in [-0.15, -0.1) is 0 Å². The quantitative estimate of drug-likeness (QED) is 0.824. The van der Waals surface area contributed by atoms with Gasteiger partial charge in [0.25, 0.3) is 0 Å². The molecule has 4 atom stereocenters. The Bertz CT molecular complexity index is 570. The van der Waals surface area contributed by atoms with Crippen LogP contribution in [0.15, 0.2) is 36.7 Å². The third-order valence-electron chi connectivity index (χ3n) is 4.55. The van der Waals surface area contributed by atoms with E-state index in [9.17, 15) is 14.7 Å². The first-order valence-corrected chi connectivity index (χ1v) is 7.24. The van der Waals surface area contributed by atoms with E-state index in [1.165, 1.54) is 0 Å². The van der Waals surface area contributed by atoms with E-state index in [0.29, 0.717) is 6.54 Å². The van der Waals surface area contributed by atoms with E-state index < -0.39 is 17.8 Å². The minimum Gasteiger partial charge on any atom is -0.481 e. The first kappa shape index (κ1) is 13.8. The van der Waals surface area contributed by atoms with Crippen molar-refractivity contribution in [3.05, 3.63) is 42.2 Å². The number of fused-ring (bicyclic) bond motifs is 2. The lowest BCUT2D eigenvalue weighted by Gasteiger charge is -2.41. The third kappa shape index (κ3) is 2.68. The zero-order valence-corrected chi connectivity index (χ0v) is 11.6. The molecule has 0 radical (unpaired) electrons. The molecule has 1 amide bonds. The van der Waals surface area contributed by atoms with Gasteiger partial charge in [-0.05, 0) is 42.4 Å². The molecule has 110 valence electrons. The van der Waals surface area contributed by atoms with Gasteiger partial charge in [-0.3, -0.25) is 14.6 Å². The first-order valence-electron chi connectivity index (χ1n) is 7.24. The van der Waals surface area contributed by atoms with E-state index in [2.05, 4.69) is 10.3 Å². The summed E-state index contributed by atoms with van der Waals surface area (Å²) in [5.41, 5.74) is 0.960. The van der Waals surface area contributed by atoms with Crippen molar-refractivity contribution in [2.45, 2.75) is 19.4 Å². The lowest BCUT2D eigenvalue weighted by Crippen LogP contribution is -2.48. The molecule has 0 aliphatic heterocycles. The molecular weight excluding hydrogens is 268 g/mol. The second-order valence-electron chi connectivity index (χ2n) is 5.75. The summed E-state index contributed by atoms with van der Waals surface area (Å²) in [6, 6.07) is 3.67. The van der Waals surface area contributed by atoms with Gasteiger partial charge in [0.15, 0.2) is 0 Å². The third-order valence-corrected chi connectivity index (χ3v) is 4.55. The summed E-state index contributed by atoms with van der Waals surface area (Å²) in [6.07, 6.45) is 9.11. The fourth-order valence-electron chi connectivity index (χ4n) is 3.50. The molecule has 0 unspecified atom stereocenters. The van der Waals surface area contributed by atoms with Crippen LogP contribution in [0.5, 0.6) is 0 Å². The monoisotopic (exact) mass is 286 g/mol. The molecule has 1 aromatic heterocycles. The van der Waals surface area contributed by atoms with Gasteiger partial charge in [-0.1, -0.05) is 12.2 Å². The zero-order valence-electron chi connectivity index (χ0n) is 11.6.